The zero-order valence-corrected chi connectivity index (χ0v) is 10.1. The highest BCUT2D eigenvalue weighted by atomic mass is 19.3. The minimum Gasteiger partial charge on any atom is -0.478 e. The number of aryl methyl sites for hydroxylation is 2. The van der Waals surface area contributed by atoms with Crippen LogP contribution in [-0.4, -0.2) is 16.1 Å². The Labute approximate surface area is 98.5 Å². The maximum absolute atomic E-state index is 13.2. The Balaban J connectivity index is 3.50. The first-order valence-corrected chi connectivity index (χ1v) is 5.45. The molecule has 0 aromatic carbocycles. The minimum atomic E-state index is -3.05. The highest BCUT2D eigenvalue weighted by Gasteiger charge is 2.29. The van der Waals surface area contributed by atoms with Crippen molar-refractivity contribution in [3.63, 3.8) is 0 Å². The van der Waals surface area contributed by atoms with Gasteiger partial charge in [0, 0.05) is 6.92 Å². The van der Waals surface area contributed by atoms with Crippen LogP contribution < -0.4 is 0 Å². The van der Waals surface area contributed by atoms with Crippen LogP contribution in [0.2, 0.25) is 0 Å². The second-order valence-electron chi connectivity index (χ2n) is 3.89. The highest BCUT2D eigenvalue weighted by Crippen LogP contribution is 2.28. The Morgan fingerprint density at radius 2 is 2.00 bits per heavy atom. The third-order valence-electron chi connectivity index (χ3n) is 2.56. The van der Waals surface area contributed by atoms with Crippen LogP contribution in [0.15, 0.2) is 6.07 Å². The molecule has 0 radical (unpaired) electrons. The van der Waals surface area contributed by atoms with E-state index < -0.39 is 11.9 Å². The molecular weight excluding hydrogens is 228 g/mol. The molecule has 1 N–H and O–H groups in total. The largest absolute Gasteiger partial charge is 0.478 e. The Kier molecular flexibility index (Phi) is 3.80. The van der Waals surface area contributed by atoms with Crippen molar-refractivity contribution >= 4 is 5.97 Å². The van der Waals surface area contributed by atoms with E-state index in [0.29, 0.717) is 18.4 Å². The molecule has 1 rings (SSSR count). The van der Waals surface area contributed by atoms with E-state index in [0.717, 1.165) is 6.92 Å². The van der Waals surface area contributed by atoms with Gasteiger partial charge in [0.15, 0.2) is 0 Å². The number of hydrogen-bond donors (Lipinski definition) is 1. The van der Waals surface area contributed by atoms with E-state index in [2.05, 4.69) is 4.98 Å². The predicted molar refractivity (Wildman–Crippen MR) is 59.5 cm³/mol. The molecule has 0 aliphatic carbocycles. The van der Waals surface area contributed by atoms with Crippen molar-refractivity contribution in [3.05, 3.63) is 28.6 Å². The lowest BCUT2D eigenvalue weighted by Crippen LogP contribution is -2.16. The molecule has 0 bridgehead atoms. The molecule has 1 aromatic rings. The number of rotatable bonds is 4. The summed E-state index contributed by atoms with van der Waals surface area (Å²) in [7, 11) is 0. The first-order chi connectivity index (χ1) is 7.81. The number of halogens is 2. The first-order valence-electron chi connectivity index (χ1n) is 5.45. The van der Waals surface area contributed by atoms with E-state index in [9.17, 15) is 13.6 Å². The zero-order chi connectivity index (χ0) is 13.2. The summed E-state index contributed by atoms with van der Waals surface area (Å²) in [5.74, 6) is -4.16. The van der Waals surface area contributed by atoms with Gasteiger partial charge in [-0.25, -0.2) is 4.79 Å². The second-order valence-corrected chi connectivity index (χ2v) is 3.89. The SMILES string of the molecule is CCc1cc(C(C)(F)F)nc(CC)c1C(=O)O. The second kappa shape index (κ2) is 4.77. The lowest BCUT2D eigenvalue weighted by Gasteiger charge is -2.15. The summed E-state index contributed by atoms with van der Waals surface area (Å²) in [4.78, 5) is 14.9. The Morgan fingerprint density at radius 3 is 2.35 bits per heavy atom. The predicted octanol–water partition coefficient (Wildman–Crippen LogP) is 3.02. The van der Waals surface area contributed by atoms with Crippen molar-refractivity contribution in [2.45, 2.75) is 39.5 Å². The van der Waals surface area contributed by atoms with Crippen molar-refractivity contribution in [1.29, 1.82) is 0 Å². The van der Waals surface area contributed by atoms with Gasteiger partial charge in [-0.15, -0.1) is 0 Å². The lowest BCUT2D eigenvalue weighted by atomic mass is 10.00. The molecule has 0 saturated heterocycles. The fraction of sp³-hybridized carbons (Fsp3) is 0.500. The van der Waals surface area contributed by atoms with Gasteiger partial charge >= 0.3 is 5.97 Å². The zero-order valence-electron chi connectivity index (χ0n) is 10.1. The summed E-state index contributed by atoms with van der Waals surface area (Å²) in [6, 6.07) is 1.18. The third-order valence-corrected chi connectivity index (χ3v) is 2.56. The number of carboxylic acids is 1. The van der Waals surface area contributed by atoms with Gasteiger partial charge in [-0.2, -0.15) is 8.78 Å². The van der Waals surface area contributed by atoms with Crippen LogP contribution in [0.5, 0.6) is 0 Å². The molecule has 94 valence electrons. The van der Waals surface area contributed by atoms with Gasteiger partial charge in [-0.05, 0) is 24.5 Å². The van der Waals surface area contributed by atoms with E-state index >= 15 is 0 Å². The minimum absolute atomic E-state index is 0.0583. The number of aromatic carboxylic acids is 1. The van der Waals surface area contributed by atoms with Gasteiger partial charge in [-0.1, -0.05) is 13.8 Å². The van der Waals surface area contributed by atoms with Gasteiger partial charge < -0.3 is 5.11 Å². The number of carbonyl (C=O) groups is 1. The number of nitrogens with zero attached hydrogens (tertiary/aromatic N) is 1. The monoisotopic (exact) mass is 243 g/mol. The molecule has 0 fully saturated rings. The molecule has 5 heteroatoms. The summed E-state index contributed by atoms with van der Waals surface area (Å²) < 4.78 is 26.4. The van der Waals surface area contributed by atoms with Crippen molar-refractivity contribution < 1.29 is 18.7 Å². The normalized spacial score (nSPS) is 11.6. The molecule has 17 heavy (non-hydrogen) atoms. The van der Waals surface area contributed by atoms with Crippen LogP contribution in [0.3, 0.4) is 0 Å². The lowest BCUT2D eigenvalue weighted by molar-refractivity contribution is 0.0123. The molecule has 1 heterocycles. The third kappa shape index (κ3) is 2.78. The average molecular weight is 243 g/mol. The van der Waals surface area contributed by atoms with E-state index in [-0.39, 0.29) is 17.0 Å². The van der Waals surface area contributed by atoms with E-state index in [4.69, 9.17) is 5.11 Å². The average Bonchev–Trinajstić information content (AvgIpc) is 2.25. The summed E-state index contributed by atoms with van der Waals surface area (Å²) >= 11 is 0. The fourth-order valence-electron chi connectivity index (χ4n) is 1.68. The molecule has 0 spiro atoms. The van der Waals surface area contributed by atoms with Gasteiger partial charge in [-0.3, -0.25) is 4.98 Å². The van der Waals surface area contributed by atoms with E-state index in [1.165, 1.54) is 6.07 Å². The molecule has 0 aliphatic heterocycles. The number of aromatic nitrogens is 1. The van der Waals surface area contributed by atoms with Crippen LogP contribution in [-0.2, 0) is 18.8 Å². The number of alkyl halides is 2. The quantitative estimate of drug-likeness (QED) is 0.884. The standard InChI is InChI=1S/C12H15F2NO2/c1-4-7-6-9(12(3,13)14)15-8(5-2)10(7)11(16)17/h6H,4-5H2,1-3H3,(H,16,17). The van der Waals surface area contributed by atoms with E-state index in [1.54, 1.807) is 13.8 Å². The fourth-order valence-corrected chi connectivity index (χ4v) is 1.68. The summed E-state index contributed by atoms with van der Waals surface area (Å²) in [6.07, 6.45) is 0.707. The molecule has 0 atom stereocenters. The first kappa shape index (κ1) is 13.5. The molecule has 0 aliphatic rings. The Morgan fingerprint density at radius 1 is 1.41 bits per heavy atom. The molecular formula is C12H15F2NO2. The summed E-state index contributed by atoms with van der Waals surface area (Å²) in [5.41, 5.74) is 0.313. The number of hydrogen-bond acceptors (Lipinski definition) is 2. The van der Waals surface area contributed by atoms with Crippen LogP contribution in [0.1, 0.15) is 48.1 Å². The van der Waals surface area contributed by atoms with Crippen molar-refractivity contribution in [2.75, 3.05) is 0 Å². The maximum Gasteiger partial charge on any atom is 0.337 e. The van der Waals surface area contributed by atoms with Crippen LogP contribution in [0.25, 0.3) is 0 Å². The van der Waals surface area contributed by atoms with Crippen LogP contribution >= 0.6 is 0 Å². The topological polar surface area (TPSA) is 50.2 Å². The molecule has 3 nitrogen and oxygen atoms in total. The van der Waals surface area contributed by atoms with Crippen molar-refractivity contribution in [1.82, 2.24) is 4.98 Å². The van der Waals surface area contributed by atoms with Crippen molar-refractivity contribution in [3.8, 4) is 0 Å². The Bertz CT molecular complexity index is 414. The molecule has 1 aromatic heterocycles. The van der Waals surface area contributed by atoms with Crippen LogP contribution in [0.4, 0.5) is 8.78 Å². The van der Waals surface area contributed by atoms with Crippen molar-refractivity contribution in [2.24, 2.45) is 0 Å². The van der Waals surface area contributed by atoms with Gasteiger partial charge in [0.25, 0.3) is 5.92 Å². The van der Waals surface area contributed by atoms with Gasteiger partial charge in [0.05, 0.1) is 11.3 Å². The highest BCUT2D eigenvalue weighted by molar-refractivity contribution is 5.90. The van der Waals surface area contributed by atoms with E-state index in [1.807, 2.05) is 0 Å². The number of carboxylic acid groups (broad SMARTS) is 1. The molecule has 0 saturated carbocycles. The summed E-state index contributed by atoms with van der Waals surface area (Å²) in [5, 5.41) is 9.07. The smallest absolute Gasteiger partial charge is 0.337 e. The molecule has 0 amide bonds. The molecule has 0 unspecified atom stereocenters. The Hall–Kier alpha value is -1.52. The summed E-state index contributed by atoms with van der Waals surface area (Å²) in [6.45, 7) is 4.19. The maximum atomic E-state index is 13.2. The number of pyridine rings is 1. The van der Waals surface area contributed by atoms with Gasteiger partial charge in [0.2, 0.25) is 0 Å². The van der Waals surface area contributed by atoms with Crippen LogP contribution in [0, 0.1) is 0 Å². The van der Waals surface area contributed by atoms with Gasteiger partial charge in [0.1, 0.15) is 5.69 Å².